The average molecular weight is 389 g/mol. The maximum Gasteiger partial charge on any atom is 0.262 e. The second-order valence-electron chi connectivity index (χ2n) is 7.19. The van der Waals surface area contributed by atoms with Gasteiger partial charge in [-0.1, -0.05) is 41.4 Å². The molecule has 0 atom stereocenters. The number of nitrogens with one attached hydrogen (secondary N) is 2. The Hall–Kier alpha value is -2.31. The van der Waals surface area contributed by atoms with Gasteiger partial charge < -0.3 is 16.0 Å². The predicted molar refractivity (Wildman–Crippen MR) is 108 cm³/mol. The van der Waals surface area contributed by atoms with Crippen LogP contribution in [0.3, 0.4) is 0 Å². The molecule has 1 fully saturated rings. The van der Waals surface area contributed by atoms with Gasteiger partial charge in [-0.2, -0.15) is 0 Å². The van der Waals surface area contributed by atoms with Crippen LogP contribution in [0.15, 0.2) is 35.1 Å². The molecule has 1 aliphatic heterocycles. The number of piperidine rings is 1. The third-order valence-corrected chi connectivity index (χ3v) is 5.36. The van der Waals surface area contributed by atoms with E-state index in [1.54, 1.807) is 0 Å². The number of H-pyrrole nitrogens is 1. The molecule has 4 N–H and O–H groups in total. The number of pyridine rings is 1. The summed E-state index contributed by atoms with van der Waals surface area (Å²) >= 11 is 5.89. The molecule has 1 aromatic heterocycles. The van der Waals surface area contributed by atoms with Gasteiger partial charge in [0.1, 0.15) is 11.4 Å². The lowest BCUT2D eigenvalue weighted by Crippen LogP contribution is -2.39. The number of anilines is 1. The first-order valence-corrected chi connectivity index (χ1v) is 9.54. The van der Waals surface area contributed by atoms with Crippen molar-refractivity contribution in [2.75, 3.05) is 25.4 Å². The molecule has 1 aromatic carbocycles. The summed E-state index contributed by atoms with van der Waals surface area (Å²) in [7, 11) is 0. The third-order valence-electron chi connectivity index (χ3n) is 5.05. The summed E-state index contributed by atoms with van der Waals surface area (Å²) in [5, 5.41) is 3.02. The number of benzene rings is 1. The number of carbonyl (C=O) groups excluding carboxylic acids is 1. The Morgan fingerprint density at radius 1 is 1.30 bits per heavy atom. The molecule has 1 aliphatic rings. The van der Waals surface area contributed by atoms with Crippen LogP contribution in [-0.2, 0) is 6.54 Å². The molecule has 0 aliphatic carbocycles. The minimum atomic E-state index is -0.526. The zero-order valence-corrected chi connectivity index (χ0v) is 16.2. The molecule has 3 rings (SSSR count). The van der Waals surface area contributed by atoms with Gasteiger partial charge in [0, 0.05) is 13.1 Å². The molecule has 0 saturated carbocycles. The molecule has 144 valence electrons. The lowest BCUT2D eigenvalue weighted by molar-refractivity contribution is 0.0933. The molecule has 0 unspecified atom stereocenters. The molecule has 2 heterocycles. The SMILES string of the molecule is Cc1ccc(CN2CCC(CNC(=O)c3cc(Cl)c(N)[nH]c3=O)CC2)cc1. The number of hydrogen-bond donors (Lipinski definition) is 3. The van der Waals surface area contributed by atoms with Crippen molar-refractivity contribution in [3.05, 3.63) is 62.4 Å². The highest BCUT2D eigenvalue weighted by atomic mass is 35.5. The molecule has 2 aromatic rings. The van der Waals surface area contributed by atoms with Gasteiger partial charge in [-0.05, 0) is 50.4 Å². The van der Waals surface area contributed by atoms with Gasteiger partial charge in [0.2, 0.25) is 0 Å². The molecular formula is C20H25ClN4O2. The fraction of sp³-hybridized carbons (Fsp3) is 0.400. The molecule has 1 amide bonds. The van der Waals surface area contributed by atoms with Gasteiger partial charge in [0.15, 0.2) is 0 Å². The van der Waals surface area contributed by atoms with Crippen molar-refractivity contribution in [2.24, 2.45) is 5.92 Å². The number of rotatable bonds is 5. The highest BCUT2D eigenvalue weighted by Crippen LogP contribution is 2.19. The number of likely N-dealkylation sites (tertiary alicyclic amines) is 1. The number of nitrogens with two attached hydrogens (primary N) is 1. The normalized spacial score (nSPS) is 15.6. The lowest BCUT2D eigenvalue weighted by atomic mass is 9.96. The fourth-order valence-corrected chi connectivity index (χ4v) is 3.48. The number of nitrogen functional groups attached to an aromatic ring is 1. The first-order chi connectivity index (χ1) is 12.9. The molecule has 1 saturated heterocycles. The summed E-state index contributed by atoms with van der Waals surface area (Å²) < 4.78 is 0. The van der Waals surface area contributed by atoms with Gasteiger partial charge in [-0.25, -0.2) is 0 Å². The molecular weight excluding hydrogens is 364 g/mol. The number of aromatic nitrogens is 1. The van der Waals surface area contributed by atoms with Crippen molar-refractivity contribution in [3.8, 4) is 0 Å². The number of halogens is 1. The number of hydrogen-bond acceptors (Lipinski definition) is 4. The summed E-state index contributed by atoms with van der Waals surface area (Å²) in [4.78, 5) is 28.9. The summed E-state index contributed by atoms with van der Waals surface area (Å²) in [6, 6.07) is 9.95. The third kappa shape index (κ3) is 5.11. The Morgan fingerprint density at radius 2 is 1.96 bits per heavy atom. The van der Waals surface area contributed by atoms with Crippen molar-refractivity contribution in [1.82, 2.24) is 15.2 Å². The van der Waals surface area contributed by atoms with Crippen LogP contribution in [0, 0.1) is 12.8 Å². The Bertz CT molecular complexity index is 855. The maximum absolute atomic E-state index is 12.3. The van der Waals surface area contributed by atoms with Crippen molar-refractivity contribution in [3.63, 3.8) is 0 Å². The number of carbonyl (C=O) groups is 1. The molecule has 7 heteroatoms. The largest absolute Gasteiger partial charge is 0.384 e. The highest BCUT2D eigenvalue weighted by Gasteiger charge is 2.21. The molecule has 0 spiro atoms. The standard InChI is InChI=1S/C20H25ClN4O2/c1-13-2-4-15(5-3-13)12-25-8-6-14(7-9-25)11-23-19(26)16-10-17(21)18(22)24-20(16)27/h2-5,10,14H,6-9,11-12H2,1H3,(H,23,26)(H3,22,24,27). The van der Waals surface area contributed by atoms with Gasteiger partial charge in [-0.3, -0.25) is 14.5 Å². The number of aromatic amines is 1. The first-order valence-electron chi connectivity index (χ1n) is 9.17. The van der Waals surface area contributed by atoms with Crippen molar-refractivity contribution >= 4 is 23.3 Å². The molecule has 6 nitrogen and oxygen atoms in total. The van der Waals surface area contributed by atoms with E-state index >= 15 is 0 Å². The number of aryl methyl sites for hydroxylation is 1. The predicted octanol–water partition coefficient (Wildman–Crippen LogP) is 2.56. The summed E-state index contributed by atoms with van der Waals surface area (Å²) in [5.74, 6) is 0.0611. The molecule has 27 heavy (non-hydrogen) atoms. The van der Waals surface area contributed by atoms with Crippen LogP contribution in [0.2, 0.25) is 5.02 Å². The van der Waals surface area contributed by atoms with E-state index in [0.717, 1.165) is 32.5 Å². The van der Waals surface area contributed by atoms with E-state index in [4.69, 9.17) is 17.3 Å². The minimum Gasteiger partial charge on any atom is -0.384 e. The van der Waals surface area contributed by atoms with Crippen LogP contribution in [-0.4, -0.2) is 35.4 Å². The Balaban J connectivity index is 1.47. The van der Waals surface area contributed by atoms with E-state index in [0.29, 0.717) is 12.5 Å². The zero-order chi connectivity index (χ0) is 19.4. The summed E-state index contributed by atoms with van der Waals surface area (Å²) in [6.07, 6.45) is 2.04. The summed E-state index contributed by atoms with van der Waals surface area (Å²) in [6.45, 7) is 5.61. The van der Waals surface area contributed by atoms with Crippen molar-refractivity contribution in [1.29, 1.82) is 0 Å². The van der Waals surface area contributed by atoms with Crippen molar-refractivity contribution < 1.29 is 4.79 Å². The van der Waals surface area contributed by atoms with Gasteiger partial charge in [-0.15, -0.1) is 0 Å². The van der Waals surface area contributed by atoms with E-state index in [9.17, 15) is 9.59 Å². The van der Waals surface area contributed by atoms with Crippen LogP contribution in [0.25, 0.3) is 0 Å². The van der Waals surface area contributed by atoms with Crippen LogP contribution >= 0.6 is 11.6 Å². The quantitative estimate of drug-likeness (QED) is 0.734. The van der Waals surface area contributed by atoms with Crippen molar-refractivity contribution in [2.45, 2.75) is 26.3 Å². The average Bonchev–Trinajstić information content (AvgIpc) is 2.66. The maximum atomic E-state index is 12.3. The van der Waals surface area contributed by atoms with E-state index in [1.165, 1.54) is 17.2 Å². The zero-order valence-electron chi connectivity index (χ0n) is 15.4. The van der Waals surface area contributed by atoms with E-state index in [-0.39, 0.29) is 16.4 Å². The topological polar surface area (TPSA) is 91.2 Å². The minimum absolute atomic E-state index is 0.00833. The van der Waals surface area contributed by atoms with E-state index < -0.39 is 11.5 Å². The van der Waals surface area contributed by atoms with Gasteiger partial charge in [0.25, 0.3) is 11.5 Å². The molecule has 0 radical (unpaired) electrons. The monoisotopic (exact) mass is 388 g/mol. The van der Waals surface area contributed by atoms with E-state index in [1.807, 2.05) is 0 Å². The van der Waals surface area contributed by atoms with Gasteiger partial charge >= 0.3 is 0 Å². The summed E-state index contributed by atoms with van der Waals surface area (Å²) in [5.41, 5.74) is 7.60. The van der Waals surface area contributed by atoms with Crippen LogP contribution < -0.4 is 16.6 Å². The van der Waals surface area contributed by atoms with Crippen LogP contribution in [0.5, 0.6) is 0 Å². The number of amides is 1. The Labute approximate surface area is 163 Å². The van der Waals surface area contributed by atoms with E-state index in [2.05, 4.69) is 46.4 Å². The Kier molecular flexibility index (Phi) is 6.19. The first kappa shape index (κ1) is 19.5. The number of nitrogens with zero attached hydrogens (tertiary/aromatic N) is 1. The van der Waals surface area contributed by atoms with Crippen LogP contribution in [0.1, 0.15) is 34.3 Å². The fourth-order valence-electron chi connectivity index (χ4n) is 3.32. The van der Waals surface area contributed by atoms with Gasteiger partial charge in [0.05, 0.1) is 5.02 Å². The highest BCUT2D eigenvalue weighted by molar-refractivity contribution is 6.33. The Morgan fingerprint density at radius 3 is 2.63 bits per heavy atom. The smallest absolute Gasteiger partial charge is 0.262 e. The van der Waals surface area contributed by atoms with Crippen LogP contribution in [0.4, 0.5) is 5.82 Å². The second kappa shape index (κ2) is 8.59. The lowest BCUT2D eigenvalue weighted by Gasteiger charge is -2.32. The second-order valence-corrected chi connectivity index (χ2v) is 7.60. The molecule has 0 bridgehead atoms.